The maximum Gasteiger partial charge on any atom is 0.352 e. The van der Waals surface area contributed by atoms with E-state index in [2.05, 4.69) is 31.0 Å². The fourth-order valence-corrected chi connectivity index (χ4v) is 6.87. The third-order valence-electron chi connectivity index (χ3n) is 4.76. The molecule has 1 fully saturated rings. The van der Waals surface area contributed by atoms with Gasteiger partial charge >= 0.3 is 5.97 Å². The van der Waals surface area contributed by atoms with Gasteiger partial charge in [-0.05, 0) is 5.57 Å². The highest BCUT2D eigenvalue weighted by Gasteiger charge is 2.54. The van der Waals surface area contributed by atoms with E-state index in [1.807, 2.05) is 0 Å². The molecule has 1 unspecified atom stereocenters. The highest BCUT2D eigenvalue weighted by molar-refractivity contribution is 8.01. The van der Waals surface area contributed by atoms with Crippen molar-refractivity contribution in [2.24, 2.45) is 10.9 Å². The number of hydrogen-bond acceptors (Lipinski definition) is 14. The number of carboxylic acids is 1. The lowest BCUT2D eigenvalue weighted by Gasteiger charge is -2.49. The lowest BCUT2D eigenvalue weighted by atomic mass is 10.0. The number of thioether (sulfide) groups is 2. The molecule has 2 aromatic rings. The molecule has 4 rings (SSSR count). The van der Waals surface area contributed by atoms with Crippen molar-refractivity contribution in [3.63, 3.8) is 0 Å². The van der Waals surface area contributed by atoms with Crippen molar-refractivity contribution in [2.45, 2.75) is 15.8 Å². The van der Waals surface area contributed by atoms with Gasteiger partial charge in [-0.15, -0.1) is 33.3 Å². The van der Waals surface area contributed by atoms with Gasteiger partial charge in [-0.2, -0.15) is 0 Å². The number of carbonyl (C=O) groups excluding carboxylic acids is 3. The van der Waals surface area contributed by atoms with Gasteiger partial charge in [0.1, 0.15) is 34.9 Å². The summed E-state index contributed by atoms with van der Waals surface area (Å²) in [5.41, 5.74) is 7.39. The maximum atomic E-state index is 13.0. The van der Waals surface area contributed by atoms with Crippen molar-refractivity contribution < 1.29 is 29.1 Å². The number of nitrogens with two attached hydrogens (primary N) is 1. The van der Waals surface area contributed by atoms with Crippen LogP contribution < -0.4 is 16.4 Å². The third-order valence-corrected chi connectivity index (χ3v) is 8.82. The average molecular weight is 571 g/mol. The maximum absolute atomic E-state index is 13.0. The molecule has 0 aliphatic carbocycles. The van der Waals surface area contributed by atoms with Crippen molar-refractivity contribution in [3.8, 4) is 0 Å². The molecule has 0 spiro atoms. The number of carboxylic acid groups (broad SMARTS) is 1. The summed E-state index contributed by atoms with van der Waals surface area (Å²) in [6, 6.07) is -0.972. The number of fused-ring (bicyclic) bond motifs is 1. The molecule has 0 aromatic carbocycles. The smallest absolute Gasteiger partial charge is 0.352 e. The summed E-state index contributed by atoms with van der Waals surface area (Å²) in [5.74, 6) is -1.82. The zero-order chi connectivity index (χ0) is 25.7. The van der Waals surface area contributed by atoms with Crippen LogP contribution in [0.4, 0.5) is 5.13 Å². The molecular weight excluding hydrogens is 553 g/mol. The number of aliphatic carboxylic acids is 1. The van der Waals surface area contributed by atoms with E-state index >= 15 is 0 Å². The minimum atomic E-state index is -1.22. The molecule has 2 aromatic heterocycles. The van der Waals surface area contributed by atoms with E-state index in [0.29, 0.717) is 27.8 Å². The Morgan fingerprint density at radius 2 is 2.25 bits per heavy atom. The van der Waals surface area contributed by atoms with E-state index in [1.54, 1.807) is 5.51 Å². The fraction of sp³-hybridized carbons (Fsp3) is 0.333. The minimum absolute atomic E-state index is 0.0413. The third kappa shape index (κ3) is 5.51. The largest absolute Gasteiger partial charge is 0.477 e. The molecule has 2 aliphatic heterocycles. The van der Waals surface area contributed by atoms with Gasteiger partial charge in [0.05, 0.1) is 0 Å². The molecule has 4 heterocycles. The van der Waals surface area contributed by atoms with Gasteiger partial charge in [-0.3, -0.25) is 19.3 Å². The number of hydrogen-bond donors (Lipinski definition) is 4. The van der Waals surface area contributed by atoms with Gasteiger partial charge in [0.15, 0.2) is 15.2 Å². The highest BCUT2D eigenvalue weighted by atomic mass is 32.2. The predicted octanol–water partition coefficient (Wildman–Crippen LogP) is -0.227. The Hall–Kier alpha value is -3.06. The Bertz CT molecular complexity index is 1220. The first-order valence-corrected chi connectivity index (χ1v) is 13.9. The van der Waals surface area contributed by atoms with Gasteiger partial charge in [-0.1, -0.05) is 28.3 Å². The molecule has 1 saturated heterocycles. The topological polar surface area (TPSA) is 202 Å². The second-order valence-electron chi connectivity index (χ2n) is 6.97. The van der Waals surface area contributed by atoms with E-state index < -0.39 is 29.2 Å². The fourth-order valence-electron chi connectivity index (χ4n) is 3.25. The molecule has 2 atom stereocenters. The second-order valence-corrected chi connectivity index (χ2v) is 11.0. The molecule has 18 heteroatoms. The van der Waals surface area contributed by atoms with Crippen LogP contribution >= 0.6 is 46.2 Å². The van der Waals surface area contributed by atoms with Gasteiger partial charge in [0.25, 0.3) is 11.8 Å². The first-order valence-electron chi connectivity index (χ1n) is 10.1. The Morgan fingerprint density at radius 1 is 1.42 bits per heavy atom. The Balaban J connectivity index is 1.49. The summed E-state index contributed by atoms with van der Waals surface area (Å²) in [6.07, 6.45) is 0.445. The molecule has 5 N–H and O–H groups in total. The van der Waals surface area contributed by atoms with Crippen molar-refractivity contribution >= 4 is 81.2 Å². The van der Waals surface area contributed by atoms with E-state index in [4.69, 9.17) is 10.6 Å². The van der Waals surface area contributed by atoms with Crippen LogP contribution in [0.25, 0.3) is 0 Å². The molecular formula is C18H18N8O6S4. The monoisotopic (exact) mass is 570 g/mol. The average Bonchev–Trinajstić information content (AvgIpc) is 3.55. The van der Waals surface area contributed by atoms with Crippen LogP contribution in [0.2, 0.25) is 0 Å². The van der Waals surface area contributed by atoms with Crippen LogP contribution in [0, 0.1) is 0 Å². The predicted molar refractivity (Wildman–Crippen MR) is 134 cm³/mol. The molecule has 190 valence electrons. The Morgan fingerprint density at radius 3 is 2.94 bits per heavy atom. The van der Waals surface area contributed by atoms with E-state index in [0.717, 1.165) is 11.3 Å². The number of anilines is 1. The van der Waals surface area contributed by atoms with E-state index in [-0.39, 0.29) is 35.4 Å². The van der Waals surface area contributed by atoms with Crippen LogP contribution in [0.1, 0.15) is 5.69 Å². The number of aromatic nitrogens is 3. The molecule has 3 amide bonds. The zero-order valence-corrected chi connectivity index (χ0v) is 21.4. The summed E-state index contributed by atoms with van der Waals surface area (Å²) in [4.78, 5) is 59.0. The summed E-state index contributed by atoms with van der Waals surface area (Å²) < 4.78 is 0.691. The van der Waals surface area contributed by atoms with Crippen molar-refractivity contribution in [1.82, 2.24) is 25.4 Å². The van der Waals surface area contributed by atoms with Gasteiger partial charge < -0.3 is 26.3 Å². The quantitative estimate of drug-likeness (QED) is 0.0653. The summed E-state index contributed by atoms with van der Waals surface area (Å²) in [7, 11) is 0. The second kappa shape index (κ2) is 11.8. The Kier molecular flexibility index (Phi) is 8.52. The molecule has 14 nitrogen and oxygen atoms in total. The lowest BCUT2D eigenvalue weighted by molar-refractivity contribution is -0.150. The number of nitrogens with zero attached hydrogens (tertiary/aromatic N) is 5. The number of amides is 3. The molecule has 0 bridgehead atoms. The summed E-state index contributed by atoms with van der Waals surface area (Å²) in [6.45, 7) is 0.200. The summed E-state index contributed by atoms with van der Waals surface area (Å²) >= 11 is 5.10. The number of β-lactam (4-membered cyclic amide) rings is 1. The molecule has 2 aliphatic rings. The summed E-state index contributed by atoms with van der Waals surface area (Å²) in [5, 5.41) is 27.4. The van der Waals surface area contributed by atoms with Crippen LogP contribution in [0.15, 0.2) is 31.7 Å². The van der Waals surface area contributed by atoms with Crippen molar-refractivity contribution in [2.75, 3.05) is 30.0 Å². The molecule has 0 radical (unpaired) electrons. The standard InChI is InChI=1S/C18H18N8O6S4/c19-1-2-32-25-10(9-5-34-17(22-9)20-6-27)13(28)23-11-14(29)26-12(16(30)31)8(3-33-15(11)26)4-35-18-24-21-7-36-18/h5-7,11,15H,1-4,19H2,(H,23,28)(H,30,31)(H,20,22,27)/b25-10+/t11?,15-/m1/s1. The zero-order valence-electron chi connectivity index (χ0n) is 18.2. The van der Waals surface area contributed by atoms with E-state index in [1.165, 1.54) is 45.1 Å². The molecule has 0 saturated carbocycles. The minimum Gasteiger partial charge on any atom is -0.477 e. The number of rotatable bonds is 12. The lowest BCUT2D eigenvalue weighted by Crippen LogP contribution is -2.71. The number of thiazole rings is 1. The van der Waals surface area contributed by atoms with Crippen molar-refractivity contribution in [1.29, 1.82) is 0 Å². The number of oxime groups is 1. The van der Waals surface area contributed by atoms with Crippen molar-refractivity contribution in [3.05, 3.63) is 27.9 Å². The number of carbonyl (C=O) groups is 4. The van der Waals surface area contributed by atoms with Gasteiger partial charge in [0.2, 0.25) is 6.41 Å². The van der Waals surface area contributed by atoms with Crippen LogP contribution in [0.5, 0.6) is 0 Å². The highest BCUT2D eigenvalue weighted by Crippen LogP contribution is 2.41. The first-order chi connectivity index (χ1) is 17.4. The van der Waals surface area contributed by atoms with Gasteiger partial charge in [0, 0.05) is 23.4 Å². The van der Waals surface area contributed by atoms with Gasteiger partial charge in [-0.25, -0.2) is 9.78 Å². The van der Waals surface area contributed by atoms with Crippen LogP contribution in [-0.4, -0.2) is 91.2 Å². The SMILES string of the molecule is NCCO/N=C(/C(=O)NC1C(=O)N2C(C(=O)O)=C(CSc3nncs3)CS[C@H]12)c1csc(NC=O)n1. The number of nitrogens with one attached hydrogen (secondary N) is 2. The normalized spacial score (nSPS) is 19.4. The molecule has 36 heavy (non-hydrogen) atoms. The Labute approximate surface area is 219 Å². The van der Waals surface area contributed by atoms with E-state index in [9.17, 15) is 24.3 Å². The van der Waals surface area contributed by atoms with Crippen LogP contribution in [-0.2, 0) is 24.0 Å². The first kappa shape index (κ1) is 26.0. The van der Waals surface area contributed by atoms with Crippen LogP contribution in [0.3, 0.4) is 0 Å².